The molecule has 0 aliphatic rings. The average molecular weight is 298 g/mol. The second-order valence-electron chi connectivity index (χ2n) is 5.25. The number of hydrogen-bond donors (Lipinski definition) is 1. The normalized spacial score (nSPS) is 13.8. The van der Waals surface area contributed by atoms with Gasteiger partial charge in [-0.05, 0) is 30.5 Å². The highest BCUT2D eigenvalue weighted by atomic mass is 32.2. The minimum atomic E-state index is -3.86. The highest BCUT2D eigenvalue weighted by Crippen LogP contribution is 2.26. The maximum Gasteiger partial charge on any atom is 0.240 e. The van der Waals surface area contributed by atoms with Crippen LogP contribution in [0.3, 0.4) is 0 Å². The van der Waals surface area contributed by atoms with Crippen molar-refractivity contribution in [3.8, 4) is 0 Å². The van der Waals surface area contributed by atoms with Crippen molar-refractivity contribution in [2.24, 2.45) is 11.1 Å². The summed E-state index contributed by atoms with van der Waals surface area (Å²) in [6.07, 6.45) is 3.62. The number of benzene rings is 1. The molecule has 0 amide bonds. The zero-order chi connectivity index (χ0) is 14.9. The molecule has 20 heavy (non-hydrogen) atoms. The Bertz CT molecular complexity index is 722. The first-order valence-corrected chi connectivity index (χ1v) is 8.18. The first-order chi connectivity index (χ1) is 9.32. The lowest BCUT2D eigenvalue weighted by Gasteiger charge is -2.12. The topological polar surface area (TPSA) is 65.1 Å². The van der Waals surface area contributed by atoms with Gasteiger partial charge in [-0.25, -0.2) is 17.9 Å². The molecule has 1 aromatic carbocycles. The molecule has 0 radical (unpaired) electrons. The molecule has 0 fully saturated rings. The van der Waals surface area contributed by atoms with Crippen molar-refractivity contribution >= 4 is 20.9 Å². The van der Waals surface area contributed by atoms with Gasteiger partial charge in [0.2, 0.25) is 10.0 Å². The van der Waals surface area contributed by atoms with Crippen molar-refractivity contribution in [3.63, 3.8) is 0 Å². The van der Waals surface area contributed by atoms with Crippen LogP contribution in [0.25, 0.3) is 10.9 Å². The van der Waals surface area contributed by atoms with Gasteiger partial charge in [-0.1, -0.05) is 20.3 Å². The monoisotopic (exact) mass is 298 g/mol. The van der Waals surface area contributed by atoms with Crippen LogP contribution in [0.4, 0.5) is 4.39 Å². The third kappa shape index (κ3) is 3.02. The molecule has 0 aliphatic heterocycles. The molecule has 110 valence electrons. The van der Waals surface area contributed by atoms with Crippen LogP contribution in [0.1, 0.15) is 26.7 Å². The third-order valence-corrected chi connectivity index (χ3v) is 4.34. The second-order valence-corrected chi connectivity index (χ2v) is 6.78. The van der Waals surface area contributed by atoms with Gasteiger partial charge in [0.25, 0.3) is 0 Å². The van der Waals surface area contributed by atoms with E-state index in [-0.39, 0.29) is 4.90 Å². The fourth-order valence-electron chi connectivity index (χ4n) is 2.53. The second kappa shape index (κ2) is 5.54. The van der Waals surface area contributed by atoms with Crippen molar-refractivity contribution in [2.75, 3.05) is 0 Å². The van der Waals surface area contributed by atoms with Crippen LogP contribution < -0.4 is 5.14 Å². The number of aromatic nitrogens is 1. The number of nitrogens with zero attached hydrogens (tertiary/aromatic N) is 1. The van der Waals surface area contributed by atoms with Gasteiger partial charge >= 0.3 is 0 Å². The van der Waals surface area contributed by atoms with E-state index in [1.165, 1.54) is 18.3 Å². The molecule has 6 heteroatoms. The molecule has 0 saturated heterocycles. The number of primary sulfonamides is 1. The van der Waals surface area contributed by atoms with Gasteiger partial charge in [0.05, 0.1) is 0 Å². The summed E-state index contributed by atoms with van der Waals surface area (Å²) < 4.78 is 38.4. The van der Waals surface area contributed by atoms with E-state index in [0.717, 1.165) is 12.8 Å². The summed E-state index contributed by atoms with van der Waals surface area (Å²) in [6.45, 7) is 4.90. The van der Waals surface area contributed by atoms with Crippen LogP contribution in [0.15, 0.2) is 29.3 Å². The molecule has 2 aromatic rings. The largest absolute Gasteiger partial charge is 0.346 e. The van der Waals surface area contributed by atoms with Crippen LogP contribution in [0.5, 0.6) is 0 Å². The van der Waals surface area contributed by atoms with E-state index in [1.807, 2.05) is 4.57 Å². The molecule has 1 unspecified atom stereocenters. The van der Waals surface area contributed by atoms with Crippen molar-refractivity contribution in [3.05, 3.63) is 30.2 Å². The summed E-state index contributed by atoms with van der Waals surface area (Å²) in [4.78, 5) is -0.0179. The van der Waals surface area contributed by atoms with Crippen molar-refractivity contribution < 1.29 is 12.8 Å². The molecule has 1 aromatic heterocycles. The molecule has 0 spiro atoms. The molecular weight excluding hydrogens is 279 g/mol. The Balaban J connectivity index is 2.56. The van der Waals surface area contributed by atoms with E-state index in [4.69, 9.17) is 5.14 Å². The Morgan fingerprint density at radius 3 is 2.70 bits per heavy atom. The molecule has 2 rings (SSSR count). The van der Waals surface area contributed by atoms with Crippen LogP contribution in [-0.2, 0) is 16.6 Å². The Morgan fingerprint density at radius 1 is 1.40 bits per heavy atom. The molecule has 1 atom stereocenters. The Labute approximate surface area is 118 Å². The number of sulfonamides is 1. The lowest BCUT2D eigenvalue weighted by Crippen LogP contribution is -2.12. The number of nitrogens with two attached hydrogens (primary N) is 1. The van der Waals surface area contributed by atoms with E-state index in [0.29, 0.717) is 23.4 Å². The predicted octanol–water partition coefficient (Wildman–Crippen LogP) is 2.86. The lowest BCUT2D eigenvalue weighted by atomic mass is 10.1. The van der Waals surface area contributed by atoms with Crippen molar-refractivity contribution in [2.45, 2.75) is 38.1 Å². The van der Waals surface area contributed by atoms with E-state index >= 15 is 0 Å². The van der Waals surface area contributed by atoms with Crippen molar-refractivity contribution in [1.82, 2.24) is 4.57 Å². The molecule has 2 N–H and O–H groups in total. The van der Waals surface area contributed by atoms with Gasteiger partial charge in [0.1, 0.15) is 10.7 Å². The first kappa shape index (κ1) is 15.0. The number of fused-ring (bicyclic) bond motifs is 1. The van der Waals surface area contributed by atoms with Crippen LogP contribution in [-0.4, -0.2) is 13.0 Å². The van der Waals surface area contributed by atoms with E-state index in [9.17, 15) is 12.8 Å². The molecular formula is C14H19FN2O2S. The number of rotatable bonds is 5. The fraction of sp³-hybridized carbons (Fsp3) is 0.429. The first-order valence-electron chi connectivity index (χ1n) is 6.64. The van der Waals surface area contributed by atoms with Gasteiger partial charge in [-0.3, -0.25) is 0 Å². The molecule has 0 aliphatic carbocycles. The van der Waals surface area contributed by atoms with Gasteiger partial charge < -0.3 is 4.57 Å². The van der Waals surface area contributed by atoms with E-state index in [1.54, 1.807) is 6.07 Å². The Morgan fingerprint density at radius 2 is 2.10 bits per heavy atom. The van der Waals surface area contributed by atoms with E-state index in [2.05, 4.69) is 13.8 Å². The fourth-order valence-corrected chi connectivity index (χ4v) is 3.28. The minimum absolute atomic E-state index is 0.0179. The zero-order valence-corrected chi connectivity index (χ0v) is 12.5. The smallest absolute Gasteiger partial charge is 0.240 e. The quantitative estimate of drug-likeness (QED) is 0.922. The van der Waals surface area contributed by atoms with Gasteiger partial charge in [-0.2, -0.15) is 0 Å². The molecule has 4 nitrogen and oxygen atoms in total. The standard InChI is InChI=1S/C14H19FN2O2S/c1-3-4-10(2)8-17-9-14(20(16,18)19)12-7-11(15)5-6-13(12)17/h5-7,9-10H,3-4,8H2,1-2H3,(H2,16,18,19). The average Bonchev–Trinajstić information content (AvgIpc) is 2.67. The highest BCUT2D eigenvalue weighted by molar-refractivity contribution is 7.89. The summed E-state index contributed by atoms with van der Waals surface area (Å²) in [5.74, 6) is -0.0595. The summed E-state index contributed by atoms with van der Waals surface area (Å²) >= 11 is 0. The summed E-state index contributed by atoms with van der Waals surface area (Å²) in [7, 11) is -3.86. The van der Waals surface area contributed by atoms with E-state index < -0.39 is 15.8 Å². The zero-order valence-electron chi connectivity index (χ0n) is 11.6. The molecule has 1 heterocycles. The molecule has 0 bridgehead atoms. The van der Waals surface area contributed by atoms with Crippen LogP contribution in [0.2, 0.25) is 0 Å². The third-order valence-electron chi connectivity index (χ3n) is 3.40. The van der Waals surface area contributed by atoms with Gasteiger partial charge in [-0.15, -0.1) is 0 Å². The maximum atomic E-state index is 13.4. The maximum absolute atomic E-state index is 13.4. The summed E-state index contributed by atoms with van der Waals surface area (Å²) in [6, 6.07) is 4.14. The van der Waals surface area contributed by atoms with Crippen molar-refractivity contribution in [1.29, 1.82) is 0 Å². The Kier molecular flexibility index (Phi) is 4.15. The predicted molar refractivity (Wildman–Crippen MR) is 77.3 cm³/mol. The lowest BCUT2D eigenvalue weighted by molar-refractivity contribution is 0.452. The summed E-state index contributed by atoms with van der Waals surface area (Å²) in [5, 5.41) is 5.56. The van der Waals surface area contributed by atoms with Crippen LogP contribution >= 0.6 is 0 Å². The summed E-state index contributed by atoms with van der Waals surface area (Å²) in [5.41, 5.74) is 0.693. The van der Waals surface area contributed by atoms with Crippen LogP contribution in [0, 0.1) is 11.7 Å². The number of halogens is 1. The Hall–Kier alpha value is -1.40. The minimum Gasteiger partial charge on any atom is -0.346 e. The highest BCUT2D eigenvalue weighted by Gasteiger charge is 2.18. The molecule has 0 saturated carbocycles. The SMILES string of the molecule is CCCC(C)Cn1cc(S(N)(=O)=O)c2cc(F)ccc21. The number of hydrogen-bond acceptors (Lipinski definition) is 2. The van der Waals surface area contributed by atoms with Gasteiger partial charge in [0, 0.05) is 23.6 Å². The van der Waals surface area contributed by atoms with Gasteiger partial charge in [0.15, 0.2) is 0 Å².